The molecule has 1 fully saturated rings. The second-order valence-electron chi connectivity index (χ2n) is 7.18. The van der Waals surface area contributed by atoms with Crippen LogP contribution in [0.25, 0.3) is 0 Å². The number of benzene rings is 1. The Kier molecular flexibility index (Phi) is 6.16. The standard InChI is InChI=1S/C18H26ClN3O3/c1-18(2,3)20-17(24)22-9-7-21(8-10-22)16(23)11-13-5-6-14(25-4)12-15(13)19/h5-6,12H,7-11H2,1-4H3,(H,20,24). The molecule has 0 bridgehead atoms. The first kappa shape index (κ1) is 19.4. The van der Waals surface area contributed by atoms with Crippen molar-refractivity contribution in [1.82, 2.24) is 15.1 Å². The molecule has 1 aliphatic rings. The maximum absolute atomic E-state index is 12.5. The van der Waals surface area contributed by atoms with Crippen molar-refractivity contribution in [2.45, 2.75) is 32.7 Å². The number of rotatable bonds is 3. The maximum Gasteiger partial charge on any atom is 0.317 e. The van der Waals surface area contributed by atoms with Gasteiger partial charge in [-0.3, -0.25) is 4.79 Å². The molecule has 6 nitrogen and oxygen atoms in total. The number of hydrogen-bond acceptors (Lipinski definition) is 3. The minimum absolute atomic E-state index is 0.0166. The van der Waals surface area contributed by atoms with E-state index in [-0.39, 0.29) is 23.9 Å². The third-order valence-corrected chi connectivity index (χ3v) is 4.36. The minimum atomic E-state index is -0.269. The van der Waals surface area contributed by atoms with Crippen molar-refractivity contribution < 1.29 is 14.3 Å². The summed E-state index contributed by atoms with van der Waals surface area (Å²) in [5.74, 6) is 0.683. The van der Waals surface area contributed by atoms with Gasteiger partial charge in [0.05, 0.1) is 13.5 Å². The SMILES string of the molecule is COc1ccc(CC(=O)N2CCN(C(=O)NC(C)(C)C)CC2)c(Cl)c1. The van der Waals surface area contributed by atoms with Crippen molar-refractivity contribution in [3.8, 4) is 5.75 Å². The molecule has 0 atom stereocenters. The zero-order chi connectivity index (χ0) is 18.6. The molecular weight excluding hydrogens is 342 g/mol. The molecule has 0 aromatic heterocycles. The monoisotopic (exact) mass is 367 g/mol. The number of urea groups is 1. The third-order valence-electron chi connectivity index (χ3n) is 4.00. The highest BCUT2D eigenvalue weighted by Crippen LogP contribution is 2.23. The van der Waals surface area contributed by atoms with Crippen LogP contribution in [-0.4, -0.2) is 60.6 Å². The number of carbonyl (C=O) groups excluding carboxylic acids is 2. The topological polar surface area (TPSA) is 61.9 Å². The zero-order valence-corrected chi connectivity index (χ0v) is 16.0. The maximum atomic E-state index is 12.5. The first-order valence-corrected chi connectivity index (χ1v) is 8.74. The predicted molar refractivity (Wildman–Crippen MR) is 98.1 cm³/mol. The van der Waals surface area contributed by atoms with Gasteiger partial charge in [-0.05, 0) is 38.5 Å². The summed E-state index contributed by atoms with van der Waals surface area (Å²) in [6.07, 6.45) is 0.247. The second-order valence-corrected chi connectivity index (χ2v) is 7.59. The number of nitrogens with one attached hydrogen (secondary N) is 1. The summed E-state index contributed by atoms with van der Waals surface area (Å²) < 4.78 is 5.12. The summed E-state index contributed by atoms with van der Waals surface area (Å²) >= 11 is 6.21. The van der Waals surface area contributed by atoms with Crippen LogP contribution < -0.4 is 10.1 Å². The molecule has 0 aliphatic carbocycles. The highest BCUT2D eigenvalue weighted by molar-refractivity contribution is 6.31. The molecule has 1 N–H and O–H groups in total. The van der Waals surface area contributed by atoms with Crippen LogP contribution in [-0.2, 0) is 11.2 Å². The van der Waals surface area contributed by atoms with Gasteiger partial charge in [0.15, 0.2) is 0 Å². The van der Waals surface area contributed by atoms with Crippen molar-refractivity contribution >= 4 is 23.5 Å². The molecule has 138 valence electrons. The number of amides is 3. The number of ether oxygens (including phenoxy) is 1. The Morgan fingerprint density at radius 3 is 2.28 bits per heavy atom. The van der Waals surface area contributed by atoms with E-state index in [1.807, 2.05) is 26.8 Å². The van der Waals surface area contributed by atoms with Crippen molar-refractivity contribution in [3.63, 3.8) is 0 Å². The fraction of sp³-hybridized carbons (Fsp3) is 0.556. The summed E-state index contributed by atoms with van der Waals surface area (Å²) in [7, 11) is 1.58. The molecule has 7 heteroatoms. The van der Waals surface area contributed by atoms with Crippen LogP contribution in [0.3, 0.4) is 0 Å². The van der Waals surface area contributed by atoms with Gasteiger partial charge < -0.3 is 19.9 Å². The van der Waals surface area contributed by atoms with Gasteiger partial charge >= 0.3 is 6.03 Å². The van der Waals surface area contributed by atoms with E-state index in [9.17, 15) is 9.59 Å². The lowest BCUT2D eigenvalue weighted by atomic mass is 10.1. The predicted octanol–water partition coefficient (Wildman–Crippen LogP) is 2.54. The first-order valence-electron chi connectivity index (χ1n) is 8.37. The molecule has 1 saturated heterocycles. The Morgan fingerprint density at radius 2 is 1.76 bits per heavy atom. The lowest BCUT2D eigenvalue weighted by molar-refractivity contribution is -0.131. The number of piperazine rings is 1. The van der Waals surface area contributed by atoms with Crippen molar-refractivity contribution in [1.29, 1.82) is 0 Å². The van der Waals surface area contributed by atoms with Crippen LogP contribution in [0.4, 0.5) is 4.79 Å². The Balaban J connectivity index is 1.88. The van der Waals surface area contributed by atoms with Gasteiger partial charge in [0, 0.05) is 36.7 Å². The van der Waals surface area contributed by atoms with Gasteiger partial charge in [-0.15, -0.1) is 0 Å². The van der Waals surface area contributed by atoms with E-state index in [1.165, 1.54) is 0 Å². The lowest BCUT2D eigenvalue weighted by Gasteiger charge is -2.36. The van der Waals surface area contributed by atoms with E-state index in [4.69, 9.17) is 16.3 Å². The van der Waals surface area contributed by atoms with Gasteiger partial charge in [-0.1, -0.05) is 17.7 Å². The van der Waals surface area contributed by atoms with E-state index in [0.717, 1.165) is 5.56 Å². The fourth-order valence-corrected chi connectivity index (χ4v) is 2.87. The molecule has 0 saturated carbocycles. The molecule has 1 aromatic carbocycles. The third kappa shape index (κ3) is 5.53. The fourth-order valence-electron chi connectivity index (χ4n) is 2.63. The molecule has 1 heterocycles. The van der Waals surface area contributed by atoms with Crippen molar-refractivity contribution in [2.24, 2.45) is 0 Å². The van der Waals surface area contributed by atoms with Crippen LogP contribution in [0.15, 0.2) is 18.2 Å². The molecule has 3 amide bonds. The molecule has 0 radical (unpaired) electrons. The molecule has 1 aromatic rings. The molecular formula is C18H26ClN3O3. The van der Waals surface area contributed by atoms with Crippen LogP contribution >= 0.6 is 11.6 Å². The van der Waals surface area contributed by atoms with Gasteiger partial charge in [0.1, 0.15) is 5.75 Å². The summed E-state index contributed by atoms with van der Waals surface area (Å²) in [6.45, 7) is 7.97. The highest BCUT2D eigenvalue weighted by Gasteiger charge is 2.26. The van der Waals surface area contributed by atoms with E-state index in [0.29, 0.717) is 37.0 Å². The second kappa shape index (κ2) is 7.95. The minimum Gasteiger partial charge on any atom is -0.497 e. The zero-order valence-electron chi connectivity index (χ0n) is 15.3. The Bertz CT molecular complexity index is 635. The molecule has 2 rings (SSSR count). The van der Waals surface area contributed by atoms with Crippen molar-refractivity contribution in [3.05, 3.63) is 28.8 Å². The van der Waals surface area contributed by atoms with Gasteiger partial charge in [0.2, 0.25) is 5.91 Å². The number of methoxy groups -OCH3 is 1. The molecule has 25 heavy (non-hydrogen) atoms. The first-order chi connectivity index (χ1) is 11.7. The van der Waals surface area contributed by atoms with Crippen LogP contribution in [0.2, 0.25) is 5.02 Å². The summed E-state index contributed by atoms with van der Waals surface area (Å²) in [5, 5.41) is 3.47. The lowest BCUT2D eigenvalue weighted by Crippen LogP contribution is -2.56. The number of halogens is 1. The van der Waals surface area contributed by atoms with E-state index >= 15 is 0 Å². The van der Waals surface area contributed by atoms with E-state index in [1.54, 1.807) is 29.0 Å². The van der Waals surface area contributed by atoms with Crippen molar-refractivity contribution in [2.75, 3.05) is 33.3 Å². The van der Waals surface area contributed by atoms with E-state index < -0.39 is 0 Å². The average Bonchev–Trinajstić information content (AvgIpc) is 2.55. The average molecular weight is 368 g/mol. The summed E-state index contributed by atoms with van der Waals surface area (Å²) in [6, 6.07) is 5.23. The normalized spacial score (nSPS) is 15.1. The molecule has 1 aliphatic heterocycles. The Morgan fingerprint density at radius 1 is 1.16 bits per heavy atom. The van der Waals surface area contributed by atoms with Crippen LogP contribution in [0.1, 0.15) is 26.3 Å². The van der Waals surface area contributed by atoms with E-state index in [2.05, 4.69) is 5.32 Å². The molecule has 0 spiro atoms. The summed E-state index contributed by atoms with van der Waals surface area (Å²) in [4.78, 5) is 28.2. The number of nitrogens with zero attached hydrogens (tertiary/aromatic N) is 2. The molecule has 0 unspecified atom stereocenters. The van der Waals surface area contributed by atoms with Gasteiger partial charge in [0.25, 0.3) is 0 Å². The smallest absolute Gasteiger partial charge is 0.317 e. The largest absolute Gasteiger partial charge is 0.497 e. The van der Waals surface area contributed by atoms with Gasteiger partial charge in [-0.25, -0.2) is 4.79 Å². The number of carbonyl (C=O) groups is 2. The Hall–Kier alpha value is -1.95. The summed E-state index contributed by atoms with van der Waals surface area (Å²) in [5.41, 5.74) is 0.509. The van der Waals surface area contributed by atoms with Gasteiger partial charge in [-0.2, -0.15) is 0 Å². The highest BCUT2D eigenvalue weighted by atomic mass is 35.5. The quantitative estimate of drug-likeness (QED) is 0.893. The van der Waals surface area contributed by atoms with Crippen LogP contribution in [0, 0.1) is 0 Å². The Labute approximate surface area is 154 Å². The van der Waals surface area contributed by atoms with Crippen LogP contribution in [0.5, 0.6) is 5.75 Å². The number of hydrogen-bond donors (Lipinski definition) is 1.